The molecule has 0 bridgehead atoms. The SMILES string of the molecule is Cc1ccc(-n2cccc2/C=C(/C#N)c2nc3ccc(F)cc3[nH]2)cc1. The fourth-order valence-corrected chi connectivity index (χ4v) is 2.86. The Bertz CT molecular complexity index is 1160. The number of hydrogen-bond acceptors (Lipinski definition) is 2. The highest BCUT2D eigenvalue weighted by Gasteiger charge is 2.10. The summed E-state index contributed by atoms with van der Waals surface area (Å²) in [6, 6.07) is 18.5. The number of benzene rings is 2. The first-order chi connectivity index (χ1) is 12.6. The average molecular weight is 342 g/mol. The number of nitriles is 1. The number of nitrogens with one attached hydrogen (secondary N) is 1. The summed E-state index contributed by atoms with van der Waals surface area (Å²) in [7, 11) is 0. The number of halogens is 1. The number of aromatic amines is 1. The van der Waals surface area contributed by atoms with Gasteiger partial charge in [-0.15, -0.1) is 0 Å². The number of allylic oxidation sites excluding steroid dienone is 1. The number of rotatable bonds is 3. The summed E-state index contributed by atoms with van der Waals surface area (Å²) in [6.45, 7) is 2.04. The van der Waals surface area contributed by atoms with Crippen LogP contribution in [0.2, 0.25) is 0 Å². The molecule has 2 aromatic heterocycles. The van der Waals surface area contributed by atoms with Crippen molar-refractivity contribution >= 4 is 22.7 Å². The van der Waals surface area contributed by atoms with Gasteiger partial charge in [0.25, 0.3) is 0 Å². The van der Waals surface area contributed by atoms with E-state index in [0.29, 0.717) is 22.4 Å². The van der Waals surface area contributed by atoms with Crippen molar-refractivity contribution in [1.29, 1.82) is 5.26 Å². The van der Waals surface area contributed by atoms with Gasteiger partial charge in [0.15, 0.2) is 0 Å². The molecule has 4 aromatic rings. The molecule has 0 aliphatic carbocycles. The molecule has 4 nitrogen and oxygen atoms in total. The monoisotopic (exact) mass is 342 g/mol. The third-order valence-corrected chi connectivity index (χ3v) is 4.20. The lowest BCUT2D eigenvalue weighted by Gasteiger charge is -2.07. The van der Waals surface area contributed by atoms with Crippen molar-refractivity contribution in [3.63, 3.8) is 0 Å². The first-order valence-electron chi connectivity index (χ1n) is 8.16. The Balaban J connectivity index is 1.77. The predicted octanol–water partition coefficient (Wildman–Crippen LogP) is 4.87. The fourth-order valence-electron chi connectivity index (χ4n) is 2.86. The van der Waals surface area contributed by atoms with E-state index in [1.165, 1.54) is 17.7 Å². The summed E-state index contributed by atoms with van der Waals surface area (Å²) in [5.41, 5.74) is 4.62. The zero-order valence-corrected chi connectivity index (χ0v) is 14.1. The molecule has 0 amide bonds. The molecule has 0 saturated heterocycles. The van der Waals surface area contributed by atoms with Crippen LogP contribution in [0.25, 0.3) is 28.4 Å². The zero-order valence-electron chi connectivity index (χ0n) is 14.1. The topological polar surface area (TPSA) is 57.4 Å². The maximum Gasteiger partial charge on any atom is 0.149 e. The smallest absolute Gasteiger partial charge is 0.149 e. The van der Waals surface area contributed by atoms with Crippen LogP contribution in [0.1, 0.15) is 17.1 Å². The minimum Gasteiger partial charge on any atom is -0.337 e. The molecule has 26 heavy (non-hydrogen) atoms. The number of H-pyrrole nitrogens is 1. The van der Waals surface area contributed by atoms with E-state index < -0.39 is 0 Å². The van der Waals surface area contributed by atoms with Gasteiger partial charge in [-0.25, -0.2) is 9.37 Å². The Morgan fingerprint density at radius 1 is 1.19 bits per heavy atom. The average Bonchev–Trinajstić information content (AvgIpc) is 3.26. The number of imidazole rings is 1. The van der Waals surface area contributed by atoms with E-state index in [2.05, 4.69) is 16.0 Å². The lowest BCUT2D eigenvalue weighted by atomic mass is 10.2. The molecular weight excluding hydrogens is 327 g/mol. The van der Waals surface area contributed by atoms with Gasteiger partial charge in [-0.05, 0) is 55.5 Å². The minimum absolute atomic E-state index is 0.344. The summed E-state index contributed by atoms with van der Waals surface area (Å²) in [5.74, 6) is 0.0770. The molecule has 2 aromatic carbocycles. The van der Waals surface area contributed by atoms with Gasteiger partial charge in [0.1, 0.15) is 17.7 Å². The number of aromatic nitrogens is 3. The highest BCUT2D eigenvalue weighted by molar-refractivity contribution is 5.90. The van der Waals surface area contributed by atoms with Gasteiger partial charge in [-0.3, -0.25) is 0 Å². The molecule has 0 spiro atoms. The van der Waals surface area contributed by atoms with Crippen molar-refractivity contribution in [3.05, 3.63) is 83.7 Å². The third-order valence-electron chi connectivity index (χ3n) is 4.20. The minimum atomic E-state index is -0.344. The summed E-state index contributed by atoms with van der Waals surface area (Å²) >= 11 is 0. The Morgan fingerprint density at radius 3 is 2.77 bits per heavy atom. The van der Waals surface area contributed by atoms with E-state index >= 15 is 0 Å². The molecule has 126 valence electrons. The Morgan fingerprint density at radius 2 is 2.00 bits per heavy atom. The summed E-state index contributed by atoms with van der Waals surface area (Å²) < 4.78 is 15.4. The standard InChI is InChI=1S/C21H15FN4/c1-14-4-7-17(8-5-14)26-10-2-3-18(26)11-15(13-23)21-24-19-9-6-16(22)12-20(19)25-21/h2-12H,1H3,(H,24,25)/b15-11-. The molecule has 0 aliphatic heterocycles. The Labute approximate surface area is 149 Å². The van der Waals surface area contributed by atoms with E-state index in [4.69, 9.17) is 0 Å². The van der Waals surface area contributed by atoms with E-state index in [1.54, 1.807) is 12.1 Å². The van der Waals surface area contributed by atoms with Crippen molar-refractivity contribution in [3.8, 4) is 11.8 Å². The van der Waals surface area contributed by atoms with Gasteiger partial charge in [0, 0.05) is 17.6 Å². The van der Waals surface area contributed by atoms with Gasteiger partial charge in [-0.2, -0.15) is 5.26 Å². The van der Waals surface area contributed by atoms with E-state index in [-0.39, 0.29) is 5.82 Å². The number of hydrogen-bond donors (Lipinski definition) is 1. The van der Waals surface area contributed by atoms with Crippen molar-refractivity contribution in [2.75, 3.05) is 0 Å². The fraction of sp³-hybridized carbons (Fsp3) is 0.0476. The van der Waals surface area contributed by atoms with Gasteiger partial charge >= 0.3 is 0 Å². The number of aryl methyl sites for hydroxylation is 1. The quantitative estimate of drug-likeness (QED) is 0.540. The molecule has 0 radical (unpaired) electrons. The molecule has 4 rings (SSSR count). The molecule has 0 unspecified atom stereocenters. The van der Waals surface area contributed by atoms with Crippen molar-refractivity contribution in [2.45, 2.75) is 6.92 Å². The van der Waals surface area contributed by atoms with Crippen LogP contribution in [0.5, 0.6) is 0 Å². The van der Waals surface area contributed by atoms with Crippen molar-refractivity contribution in [2.24, 2.45) is 0 Å². The van der Waals surface area contributed by atoms with Crippen LogP contribution < -0.4 is 0 Å². The van der Waals surface area contributed by atoms with Gasteiger partial charge in [0.05, 0.1) is 16.6 Å². The van der Waals surface area contributed by atoms with Crippen molar-refractivity contribution in [1.82, 2.24) is 14.5 Å². The summed E-state index contributed by atoms with van der Waals surface area (Å²) in [5, 5.41) is 9.59. The van der Waals surface area contributed by atoms with Crippen LogP contribution >= 0.6 is 0 Å². The van der Waals surface area contributed by atoms with Gasteiger partial charge in [-0.1, -0.05) is 17.7 Å². The van der Waals surface area contributed by atoms with Crippen molar-refractivity contribution < 1.29 is 4.39 Å². The maximum atomic E-state index is 13.4. The highest BCUT2D eigenvalue weighted by Crippen LogP contribution is 2.22. The molecule has 0 aliphatic rings. The molecule has 5 heteroatoms. The second-order valence-corrected chi connectivity index (χ2v) is 6.06. The largest absolute Gasteiger partial charge is 0.337 e. The van der Waals surface area contributed by atoms with E-state index in [0.717, 1.165) is 11.4 Å². The van der Waals surface area contributed by atoms with Crippen LogP contribution in [-0.4, -0.2) is 14.5 Å². The summed E-state index contributed by atoms with van der Waals surface area (Å²) in [4.78, 5) is 7.41. The third kappa shape index (κ3) is 2.89. The van der Waals surface area contributed by atoms with Crippen LogP contribution in [0.3, 0.4) is 0 Å². The molecule has 2 heterocycles. The number of nitrogens with zero attached hydrogens (tertiary/aromatic N) is 3. The second kappa shape index (κ2) is 6.34. The van der Waals surface area contributed by atoms with E-state index in [1.807, 2.05) is 54.1 Å². The molecule has 0 atom stereocenters. The second-order valence-electron chi connectivity index (χ2n) is 6.06. The lowest BCUT2D eigenvalue weighted by Crippen LogP contribution is -1.95. The normalized spacial score (nSPS) is 11.7. The Kier molecular flexibility index (Phi) is 3.86. The molecule has 1 N–H and O–H groups in total. The summed E-state index contributed by atoms with van der Waals surface area (Å²) in [6.07, 6.45) is 3.72. The number of fused-ring (bicyclic) bond motifs is 1. The van der Waals surface area contributed by atoms with Crippen LogP contribution in [-0.2, 0) is 0 Å². The highest BCUT2D eigenvalue weighted by atomic mass is 19.1. The van der Waals surface area contributed by atoms with Crippen LogP contribution in [0.15, 0.2) is 60.8 Å². The lowest BCUT2D eigenvalue weighted by molar-refractivity contribution is 0.629. The Hall–Kier alpha value is -3.65. The first-order valence-corrected chi connectivity index (χ1v) is 8.16. The molecular formula is C21H15FN4. The predicted molar refractivity (Wildman–Crippen MR) is 100 cm³/mol. The van der Waals surface area contributed by atoms with Gasteiger partial charge in [0.2, 0.25) is 0 Å². The maximum absolute atomic E-state index is 13.4. The van der Waals surface area contributed by atoms with E-state index in [9.17, 15) is 9.65 Å². The zero-order chi connectivity index (χ0) is 18.1. The molecule has 0 fully saturated rings. The van der Waals surface area contributed by atoms with Crippen LogP contribution in [0.4, 0.5) is 4.39 Å². The first kappa shape index (κ1) is 15.9. The molecule has 0 saturated carbocycles. The van der Waals surface area contributed by atoms with Crippen LogP contribution in [0, 0.1) is 24.1 Å². The van der Waals surface area contributed by atoms with Gasteiger partial charge < -0.3 is 9.55 Å².